The molecule has 1 saturated heterocycles. The third-order valence-electron chi connectivity index (χ3n) is 6.38. The maximum absolute atomic E-state index is 12.6. The molecule has 1 aromatic rings. The van der Waals surface area contributed by atoms with Crippen LogP contribution in [0.3, 0.4) is 0 Å². The summed E-state index contributed by atoms with van der Waals surface area (Å²) in [6, 6.07) is 8.69. The third-order valence-corrected chi connectivity index (χ3v) is 22.1. The molecular formula is C24H41NO2Sn. The summed E-state index contributed by atoms with van der Waals surface area (Å²) in [4.78, 5) is 14.8. The van der Waals surface area contributed by atoms with E-state index < -0.39 is 18.4 Å². The predicted octanol–water partition coefficient (Wildman–Crippen LogP) is 5.60. The summed E-state index contributed by atoms with van der Waals surface area (Å²) in [5.41, 5.74) is 0.722. The summed E-state index contributed by atoms with van der Waals surface area (Å²) in [5, 5.41) is 0. The van der Waals surface area contributed by atoms with Crippen LogP contribution in [-0.2, 0) is 4.74 Å². The molecule has 0 unspecified atom stereocenters. The zero-order valence-electron chi connectivity index (χ0n) is 18.6. The van der Waals surface area contributed by atoms with Gasteiger partial charge in [0, 0.05) is 0 Å². The molecule has 1 atom stereocenters. The van der Waals surface area contributed by atoms with Gasteiger partial charge in [0.1, 0.15) is 0 Å². The monoisotopic (exact) mass is 495 g/mol. The van der Waals surface area contributed by atoms with Gasteiger partial charge < -0.3 is 0 Å². The zero-order chi connectivity index (χ0) is 20.4. The van der Waals surface area contributed by atoms with Crippen LogP contribution in [0.1, 0.15) is 76.1 Å². The Kier molecular flexibility index (Phi) is 10.3. The average Bonchev–Trinajstić information content (AvgIpc) is 3.12. The van der Waals surface area contributed by atoms with E-state index in [-0.39, 0.29) is 12.1 Å². The fraction of sp³-hybridized carbons (Fsp3) is 0.708. The Bertz CT molecular complexity index is 565. The molecule has 4 heteroatoms. The van der Waals surface area contributed by atoms with Crippen LogP contribution in [-0.4, -0.2) is 55.5 Å². The summed E-state index contributed by atoms with van der Waals surface area (Å²) < 4.78 is 11.7. The summed E-state index contributed by atoms with van der Waals surface area (Å²) in [6.45, 7) is 8.82. The van der Waals surface area contributed by atoms with Gasteiger partial charge in [0.2, 0.25) is 0 Å². The van der Waals surface area contributed by atoms with E-state index >= 15 is 0 Å². The molecule has 158 valence electrons. The van der Waals surface area contributed by atoms with Crippen LogP contribution in [0.5, 0.6) is 0 Å². The van der Waals surface area contributed by atoms with Crippen molar-refractivity contribution in [3.05, 3.63) is 29.8 Å². The first-order valence-corrected chi connectivity index (χ1v) is 19.0. The SMILES string of the molecule is CCC[CH2][Sn]([CH2]CCC)([CH2]CCC)[c]1ccc(C(=O)O[C@H]2CCN(C)C2)cc1. The van der Waals surface area contributed by atoms with E-state index in [2.05, 4.69) is 44.9 Å². The van der Waals surface area contributed by atoms with Gasteiger partial charge >= 0.3 is 177 Å². The molecule has 0 amide bonds. The Morgan fingerprint density at radius 2 is 1.54 bits per heavy atom. The van der Waals surface area contributed by atoms with Crippen LogP contribution in [0.4, 0.5) is 0 Å². The molecule has 0 spiro atoms. The van der Waals surface area contributed by atoms with Crippen molar-refractivity contribution in [2.75, 3.05) is 20.1 Å². The van der Waals surface area contributed by atoms with E-state index in [4.69, 9.17) is 4.74 Å². The fourth-order valence-corrected chi connectivity index (χ4v) is 20.5. The number of ether oxygens (including phenoxy) is 1. The van der Waals surface area contributed by atoms with E-state index in [0.717, 1.165) is 25.1 Å². The first kappa shape index (κ1) is 23.7. The normalized spacial score (nSPS) is 17.8. The molecule has 0 radical (unpaired) electrons. The number of hydrogen-bond acceptors (Lipinski definition) is 3. The Morgan fingerprint density at radius 3 is 1.96 bits per heavy atom. The van der Waals surface area contributed by atoms with Crippen molar-refractivity contribution in [3.63, 3.8) is 0 Å². The molecule has 0 N–H and O–H groups in total. The van der Waals surface area contributed by atoms with Crippen LogP contribution in [0.2, 0.25) is 13.3 Å². The molecule has 0 aliphatic carbocycles. The number of hydrogen-bond donors (Lipinski definition) is 0. The average molecular weight is 494 g/mol. The number of nitrogens with zero attached hydrogens (tertiary/aromatic N) is 1. The Hall–Kier alpha value is -0.551. The number of esters is 1. The second-order valence-corrected chi connectivity index (χ2v) is 22.0. The van der Waals surface area contributed by atoms with E-state index in [1.165, 1.54) is 51.8 Å². The summed E-state index contributed by atoms with van der Waals surface area (Å²) in [6.07, 6.45) is 8.96. The molecule has 0 saturated carbocycles. The van der Waals surface area contributed by atoms with E-state index in [0.29, 0.717) is 0 Å². The van der Waals surface area contributed by atoms with Crippen LogP contribution in [0, 0.1) is 0 Å². The summed E-state index contributed by atoms with van der Waals surface area (Å²) >= 11 is -2.40. The van der Waals surface area contributed by atoms with Crippen LogP contribution in [0.25, 0.3) is 0 Å². The molecule has 0 aromatic heterocycles. The second kappa shape index (κ2) is 12.2. The van der Waals surface area contributed by atoms with E-state index in [9.17, 15) is 4.79 Å². The third kappa shape index (κ3) is 6.76. The Labute approximate surface area is 177 Å². The number of likely N-dealkylation sites (tertiary alicyclic amines) is 1. The number of rotatable bonds is 12. The van der Waals surface area contributed by atoms with Crippen LogP contribution in [0.15, 0.2) is 24.3 Å². The van der Waals surface area contributed by atoms with Crippen molar-refractivity contribution in [3.8, 4) is 0 Å². The van der Waals surface area contributed by atoms with E-state index in [1.54, 1.807) is 3.58 Å². The molecule has 1 aliphatic heterocycles. The second-order valence-electron chi connectivity index (χ2n) is 8.75. The van der Waals surface area contributed by atoms with Gasteiger partial charge in [-0.25, -0.2) is 0 Å². The molecule has 2 rings (SSSR count). The van der Waals surface area contributed by atoms with Crippen LogP contribution < -0.4 is 3.58 Å². The molecule has 1 fully saturated rings. The van der Waals surface area contributed by atoms with E-state index in [1.807, 2.05) is 12.1 Å². The summed E-state index contributed by atoms with van der Waals surface area (Å²) in [5.74, 6) is -0.150. The molecule has 1 aliphatic rings. The van der Waals surface area contributed by atoms with Crippen molar-refractivity contribution >= 4 is 27.9 Å². The molecule has 28 heavy (non-hydrogen) atoms. The Morgan fingerprint density at radius 1 is 1.00 bits per heavy atom. The Balaban J connectivity index is 2.14. The predicted molar refractivity (Wildman–Crippen MR) is 122 cm³/mol. The quantitative estimate of drug-likeness (QED) is 0.280. The standard InChI is InChI=1S/C12H14NO2.3C4H9.Sn/c1-13-8-7-11(9-13)15-12(14)10-5-3-2-4-6-10;3*1-3-4-2;/h3-6,11H,7-9H2,1H3;3*1,3-4H2,2H3;/t11-;;;;/m0..../s1. The van der Waals surface area contributed by atoms with Crippen molar-refractivity contribution in [2.24, 2.45) is 0 Å². The van der Waals surface area contributed by atoms with Crippen molar-refractivity contribution in [2.45, 2.75) is 85.1 Å². The number of likely N-dealkylation sites (N-methyl/N-ethyl adjacent to an activating group) is 1. The van der Waals surface area contributed by atoms with Gasteiger partial charge in [0.05, 0.1) is 0 Å². The molecule has 1 heterocycles. The van der Waals surface area contributed by atoms with Gasteiger partial charge in [-0.2, -0.15) is 0 Å². The zero-order valence-corrected chi connectivity index (χ0v) is 21.5. The van der Waals surface area contributed by atoms with Gasteiger partial charge in [-0.05, 0) is 0 Å². The van der Waals surface area contributed by atoms with Crippen molar-refractivity contribution in [1.82, 2.24) is 4.90 Å². The number of unbranched alkanes of at least 4 members (excludes halogenated alkanes) is 3. The molecule has 3 nitrogen and oxygen atoms in total. The minimum absolute atomic E-state index is 0.0501. The summed E-state index contributed by atoms with van der Waals surface area (Å²) in [7, 11) is 2.08. The van der Waals surface area contributed by atoms with Gasteiger partial charge in [-0.15, -0.1) is 0 Å². The number of benzene rings is 1. The van der Waals surface area contributed by atoms with Gasteiger partial charge in [0.15, 0.2) is 0 Å². The fourth-order valence-electron chi connectivity index (χ4n) is 4.52. The first-order chi connectivity index (χ1) is 13.5. The number of carbonyl (C=O) groups is 1. The number of carbonyl (C=O) groups excluding carboxylic acids is 1. The first-order valence-electron chi connectivity index (χ1n) is 11.5. The van der Waals surface area contributed by atoms with Crippen LogP contribution >= 0.6 is 0 Å². The van der Waals surface area contributed by atoms with Gasteiger partial charge in [-0.1, -0.05) is 0 Å². The maximum atomic E-state index is 12.6. The topological polar surface area (TPSA) is 29.5 Å². The van der Waals surface area contributed by atoms with Gasteiger partial charge in [-0.3, -0.25) is 0 Å². The minimum atomic E-state index is -2.40. The molecule has 0 bridgehead atoms. The van der Waals surface area contributed by atoms with Crippen molar-refractivity contribution < 1.29 is 9.53 Å². The van der Waals surface area contributed by atoms with Gasteiger partial charge in [0.25, 0.3) is 0 Å². The molecule has 1 aromatic carbocycles. The van der Waals surface area contributed by atoms with Crippen molar-refractivity contribution in [1.29, 1.82) is 0 Å². The molecular weight excluding hydrogens is 453 g/mol.